The van der Waals surface area contributed by atoms with Gasteiger partial charge < -0.3 is 15.0 Å². The van der Waals surface area contributed by atoms with Crippen LogP contribution in [0.15, 0.2) is 18.3 Å². The molecular weight excluding hydrogens is 214 g/mol. The van der Waals surface area contributed by atoms with Gasteiger partial charge >= 0.3 is 0 Å². The summed E-state index contributed by atoms with van der Waals surface area (Å²) in [7, 11) is 3.78. The van der Waals surface area contributed by atoms with Crippen molar-refractivity contribution in [3.05, 3.63) is 23.9 Å². The lowest BCUT2D eigenvalue weighted by molar-refractivity contribution is 0.339. The topological polar surface area (TPSA) is 37.4 Å². The van der Waals surface area contributed by atoms with Crippen molar-refractivity contribution in [2.45, 2.75) is 19.9 Å². The molecule has 0 unspecified atom stereocenters. The van der Waals surface area contributed by atoms with Gasteiger partial charge in [0.05, 0.1) is 7.11 Å². The maximum absolute atomic E-state index is 5.25. The molecule has 0 fully saturated rings. The second kappa shape index (κ2) is 7.25. The lowest BCUT2D eigenvalue weighted by Gasteiger charge is -2.19. The van der Waals surface area contributed by atoms with Gasteiger partial charge in [-0.1, -0.05) is 13.0 Å². The highest BCUT2D eigenvalue weighted by molar-refractivity contribution is 5.28. The molecular formula is C13H23N3O. The van der Waals surface area contributed by atoms with Crippen LogP contribution in [-0.2, 0) is 0 Å². The SMILES string of the molecule is CCN(C)CCN[C@H](C)c1cccnc1OC. The summed E-state index contributed by atoms with van der Waals surface area (Å²) in [4.78, 5) is 6.48. The van der Waals surface area contributed by atoms with Crippen LogP contribution in [0.4, 0.5) is 0 Å². The van der Waals surface area contributed by atoms with Crippen molar-refractivity contribution in [3.8, 4) is 5.88 Å². The van der Waals surface area contributed by atoms with Gasteiger partial charge in [0, 0.05) is 30.9 Å². The molecule has 0 aliphatic heterocycles. The van der Waals surface area contributed by atoms with Crippen LogP contribution in [0, 0.1) is 0 Å². The molecule has 1 atom stereocenters. The number of hydrogen-bond acceptors (Lipinski definition) is 4. The zero-order valence-electron chi connectivity index (χ0n) is 11.2. The molecule has 0 spiro atoms. The second-order valence-electron chi connectivity index (χ2n) is 4.17. The van der Waals surface area contributed by atoms with Crippen LogP contribution in [0.25, 0.3) is 0 Å². The predicted molar refractivity (Wildman–Crippen MR) is 70.4 cm³/mol. The van der Waals surface area contributed by atoms with Crippen LogP contribution in [0.5, 0.6) is 5.88 Å². The largest absolute Gasteiger partial charge is 0.481 e. The summed E-state index contributed by atoms with van der Waals surface area (Å²) < 4.78 is 5.25. The van der Waals surface area contributed by atoms with Crippen molar-refractivity contribution in [2.75, 3.05) is 33.8 Å². The van der Waals surface area contributed by atoms with E-state index in [0.29, 0.717) is 5.88 Å². The number of methoxy groups -OCH3 is 1. The van der Waals surface area contributed by atoms with Crippen molar-refractivity contribution in [3.63, 3.8) is 0 Å². The summed E-state index contributed by atoms with van der Waals surface area (Å²) in [6.45, 7) is 7.37. The van der Waals surface area contributed by atoms with E-state index in [-0.39, 0.29) is 6.04 Å². The van der Waals surface area contributed by atoms with E-state index >= 15 is 0 Å². The van der Waals surface area contributed by atoms with Crippen LogP contribution in [0.1, 0.15) is 25.5 Å². The van der Waals surface area contributed by atoms with E-state index in [9.17, 15) is 0 Å². The van der Waals surface area contributed by atoms with E-state index in [0.717, 1.165) is 25.2 Å². The third-order valence-corrected chi connectivity index (χ3v) is 2.94. The van der Waals surface area contributed by atoms with Gasteiger partial charge in [0.2, 0.25) is 5.88 Å². The first-order valence-corrected chi connectivity index (χ1v) is 6.09. The molecule has 0 amide bonds. The zero-order chi connectivity index (χ0) is 12.7. The fraction of sp³-hybridized carbons (Fsp3) is 0.615. The highest BCUT2D eigenvalue weighted by Crippen LogP contribution is 2.21. The van der Waals surface area contributed by atoms with Crippen molar-refractivity contribution in [1.82, 2.24) is 15.2 Å². The molecule has 1 aromatic rings. The fourth-order valence-electron chi connectivity index (χ4n) is 1.64. The maximum atomic E-state index is 5.25. The molecule has 0 aromatic carbocycles. The molecule has 0 bridgehead atoms. The minimum atomic E-state index is 0.254. The highest BCUT2D eigenvalue weighted by Gasteiger charge is 2.10. The second-order valence-corrected chi connectivity index (χ2v) is 4.17. The van der Waals surface area contributed by atoms with Crippen LogP contribution in [-0.4, -0.2) is 43.7 Å². The predicted octanol–water partition coefficient (Wildman–Crippen LogP) is 1.69. The van der Waals surface area contributed by atoms with Crippen LogP contribution >= 0.6 is 0 Å². The Morgan fingerprint density at radius 1 is 1.53 bits per heavy atom. The Morgan fingerprint density at radius 3 is 2.94 bits per heavy atom. The minimum Gasteiger partial charge on any atom is -0.481 e. The number of aromatic nitrogens is 1. The van der Waals surface area contributed by atoms with Gasteiger partial charge in [0.15, 0.2) is 0 Å². The molecule has 1 heterocycles. The van der Waals surface area contributed by atoms with Gasteiger partial charge in [0.25, 0.3) is 0 Å². The molecule has 17 heavy (non-hydrogen) atoms. The first kappa shape index (κ1) is 13.9. The summed E-state index contributed by atoms with van der Waals surface area (Å²) in [5.74, 6) is 0.705. The molecule has 0 radical (unpaired) electrons. The molecule has 96 valence electrons. The average Bonchev–Trinajstić information content (AvgIpc) is 2.38. The first-order chi connectivity index (χ1) is 8.19. The Kier molecular flexibility index (Phi) is 5.94. The smallest absolute Gasteiger partial charge is 0.217 e. The highest BCUT2D eigenvalue weighted by atomic mass is 16.5. The van der Waals surface area contributed by atoms with E-state index in [2.05, 4.69) is 36.1 Å². The maximum Gasteiger partial charge on any atom is 0.217 e. The molecule has 1 aromatic heterocycles. The normalized spacial score (nSPS) is 12.8. The summed E-state index contributed by atoms with van der Waals surface area (Å²) in [6, 6.07) is 4.24. The lowest BCUT2D eigenvalue weighted by atomic mass is 10.1. The minimum absolute atomic E-state index is 0.254. The molecule has 0 saturated carbocycles. The van der Waals surface area contributed by atoms with E-state index in [4.69, 9.17) is 4.74 Å². The van der Waals surface area contributed by atoms with Gasteiger partial charge in [-0.25, -0.2) is 4.98 Å². The molecule has 0 aliphatic carbocycles. The molecule has 4 nitrogen and oxygen atoms in total. The Bertz CT molecular complexity index is 330. The standard InChI is InChI=1S/C13H23N3O/c1-5-16(3)10-9-14-11(2)12-7-6-8-15-13(12)17-4/h6-8,11,14H,5,9-10H2,1-4H3/t11-/m1/s1. The third-order valence-electron chi connectivity index (χ3n) is 2.94. The van der Waals surface area contributed by atoms with E-state index in [1.165, 1.54) is 0 Å². The number of likely N-dealkylation sites (N-methyl/N-ethyl adjacent to an activating group) is 1. The van der Waals surface area contributed by atoms with Gasteiger partial charge in [0.1, 0.15) is 0 Å². The molecule has 1 N–H and O–H groups in total. The molecule has 0 saturated heterocycles. The monoisotopic (exact) mass is 237 g/mol. The Labute approximate surface area is 104 Å². The number of nitrogens with one attached hydrogen (secondary N) is 1. The molecule has 1 rings (SSSR count). The number of pyridine rings is 1. The zero-order valence-corrected chi connectivity index (χ0v) is 11.2. The van der Waals surface area contributed by atoms with E-state index < -0.39 is 0 Å². The average molecular weight is 237 g/mol. The van der Waals surface area contributed by atoms with E-state index in [1.54, 1.807) is 13.3 Å². The van der Waals surface area contributed by atoms with Crippen LogP contribution < -0.4 is 10.1 Å². The van der Waals surface area contributed by atoms with Crippen molar-refractivity contribution in [2.24, 2.45) is 0 Å². The Hall–Kier alpha value is -1.13. The number of hydrogen-bond donors (Lipinski definition) is 1. The Morgan fingerprint density at radius 2 is 2.29 bits per heavy atom. The first-order valence-electron chi connectivity index (χ1n) is 6.09. The van der Waals surface area contributed by atoms with Gasteiger partial charge in [-0.05, 0) is 26.6 Å². The quantitative estimate of drug-likeness (QED) is 0.783. The van der Waals surface area contributed by atoms with Crippen molar-refractivity contribution in [1.29, 1.82) is 0 Å². The third kappa shape index (κ3) is 4.32. The lowest BCUT2D eigenvalue weighted by Crippen LogP contribution is -2.30. The van der Waals surface area contributed by atoms with Crippen molar-refractivity contribution < 1.29 is 4.74 Å². The van der Waals surface area contributed by atoms with Gasteiger partial charge in [-0.2, -0.15) is 0 Å². The van der Waals surface area contributed by atoms with Gasteiger partial charge in [-0.15, -0.1) is 0 Å². The van der Waals surface area contributed by atoms with E-state index in [1.807, 2.05) is 12.1 Å². The Balaban J connectivity index is 2.49. The summed E-state index contributed by atoms with van der Waals surface area (Å²) in [5.41, 5.74) is 1.11. The summed E-state index contributed by atoms with van der Waals surface area (Å²) in [5, 5.41) is 3.48. The van der Waals surface area contributed by atoms with Gasteiger partial charge in [-0.3, -0.25) is 0 Å². The number of nitrogens with zero attached hydrogens (tertiary/aromatic N) is 2. The summed E-state index contributed by atoms with van der Waals surface area (Å²) in [6.07, 6.45) is 1.75. The molecule has 0 aliphatic rings. The van der Waals surface area contributed by atoms with Crippen LogP contribution in [0.3, 0.4) is 0 Å². The summed E-state index contributed by atoms with van der Waals surface area (Å²) >= 11 is 0. The molecule has 4 heteroatoms. The van der Waals surface area contributed by atoms with Crippen molar-refractivity contribution >= 4 is 0 Å². The number of ether oxygens (including phenoxy) is 1. The van der Waals surface area contributed by atoms with Crippen LogP contribution in [0.2, 0.25) is 0 Å². The fourth-order valence-corrected chi connectivity index (χ4v) is 1.64. The number of rotatable bonds is 7.